The average Bonchev–Trinajstić information content (AvgIpc) is 3.44. The van der Waals surface area contributed by atoms with Gasteiger partial charge in [-0.25, -0.2) is 9.78 Å². The number of carbonyl (C=O) groups excluding carboxylic acids is 1. The smallest absolute Gasteiger partial charge is 0.409 e. The Bertz CT molecular complexity index is 1160. The first kappa shape index (κ1) is 24.3. The van der Waals surface area contributed by atoms with E-state index in [0.29, 0.717) is 37.6 Å². The third-order valence-electron chi connectivity index (χ3n) is 6.20. The minimum Gasteiger partial charge on any atom is -0.493 e. The van der Waals surface area contributed by atoms with Gasteiger partial charge in [-0.2, -0.15) is 0 Å². The molecule has 2 aromatic carbocycles. The van der Waals surface area contributed by atoms with Gasteiger partial charge in [0.25, 0.3) is 0 Å². The van der Waals surface area contributed by atoms with Gasteiger partial charge < -0.3 is 23.9 Å². The summed E-state index contributed by atoms with van der Waals surface area (Å²) in [6.45, 7) is 4.85. The summed E-state index contributed by atoms with van der Waals surface area (Å²) in [5, 5.41) is 9.65. The molecule has 1 N–H and O–H groups in total. The molecule has 0 aliphatic carbocycles. The Kier molecular flexibility index (Phi) is 7.70. The number of amides is 1. The van der Waals surface area contributed by atoms with Crippen LogP contribution in [0.4, 0.5) is 4.79 Å². The van der Waals surface area contributed by atoms with Crippen LogP contribution >= 0.6 is 0 Å². The minimum atomic E-state index is -0.896. The van der Waals surface area contributed by atoms with Gasteiger partial charge in [0.15, 0.2) is 0 Å². The standard InChI is InChI=1S/C27H30N2O6/c1-3-33-27(32)29-16-21(23(17-29)26(30)31)14-19-8-7-11-22(15-19)34-13-12-24-18(2)35-25(28-24)20-9-5-4-6-10-20/h4-11,15,21,23H,3,12-14,16-17H2,1-2H3,(H,30,31)/t21-,23+/m0/s1. The van der Waals surface area contributed by atoms with E-state index in [1.807, 2.05) is 61.5 Å². The summed E-state index contributed by atoms with van der Waals surface area (Å²) in [4.78, 5) is 30.0. The fraction of sp³-hybridized carbons (Fsp3) is 0.370. The second kappa shape index (κ2) is 11.1. The maximum Gasteiger partial charge on any atom is 0.409 e. The Morgan fingerprint density at radius 1 is 1.14 bits per heavy atom. The van der Waals surface area contributed by atoms with Crippen LogP contribution in [0.5, 0.6) is 5.75 Å². The SMILES string of the molecule is CCOC(=O)N1C[C@H](Cc2cccc(OCCc3nc(-c4ccccc4)oc3C)c2)[C@H](C(=O)O)C1. The number of aliphatic carboxylic acids is 1. The van der Waals surface area contributed by atoms with E-state index in [4.69, 9.17) is 13.9 Å². The lowest BCUT2D eigenvalue weighted by molar-refractivity contribution is -0.142. The van der Waals surface area contributed by atoms with E-state index in [1.54, 1.807) is 6.92 Å². The lowest BCUT2D eigenvalue weighted by Gasteiger charge is -2.16. The van der Waals surface area contributed by atoms with E-state index in [1.165, 1.54) is 4.90 Å². The topological polar surface area (TPSA) is 102 Å². The summed E-state index contributed by atoms with van der Waals surface area (Å²) in [5.41, 5.74) is 2.76. The van der Waals surface area contributed by atoms with Crippen molar-refractivity contribution < 1.29 is 28.6 Å². The minimum absolute atomic E-state index is 0.164. The molecule has 3 aromatic rings. The predicted molar refractivity (Wildman–Crippen MR) is 129 cm³/mol. The number of carbonyl (C=O) groups is 2. The van der Waals surface area contributed by atoms with Gasteiger partial charge in [-0.05, 0) is 56.0 Å². The maximum absolute atomic E-state index is 12.1. The van der Waals surface area contributed by atoms with Gasteiger partial charge in [0.05, 0.1) is 24.8 Å². The van der Waals surface area contributed by atoms with Gasteiger partial charge in [0.2, 0.25) is 5.89 Å². The van der Waals surface area contributed by atoms with Gasteiger partial charge in [0.1, 0.15) is 11.5 Å². The lowest BCUT2D eigenvalue weighted by atomic mass is 9.90. The van der Waals surface area contributed by atoms with Gasteiger partial charge in [-0.3, -0.25) is 4.79 Å². The zero-order valence-corrected chi connectivity index (χ0v) is 20.0. The zero-order valence-electron chi connectivity index (χ0n) is 20.0. The van der Waals surface area contributed by atoms with Crippen LogP contribution in [0.1, 0.15) is 23.9 Å². The summed E-state index contributed by atoms with van der Waals surface area (Å²) < 4.78 is 16.8. The van der Waals surface area contributed by atoms with Crippen molar-refractivity contribution in [3.63, 3.8) is 0 Å². The number of likely N-dealkylation sites (tertiary alicyclic amines) is 1. The summed E-state index contributed by atoms with van der Waals surface area (Å²) in [7, 11) is 0. The molecule has 1 aromatic heterocycles. The van der Waals surface area contributed by atoms with Crippen molar-refractivity contribution in [2.24, 2.45) is 11.8 Å². The molecule has 0 unspecified atom stereocenters. The van der Waals surface area contributed by atoms with Gasteiger partial charge in [0, 0.05) is 25.1 Å². The third kappa shape index (κ3) is 6.01. The highest BCUT2D eigenvalue weighted by atomic mass is 16.6. The van der Waals surface area contributed by atoms with E-state index >= 15 is 0 Å². The fourth-order valence-electron chi connectivity index (χ4n) is 4.42. The molecular formula is C27H30N2O6. The van der Waals surface area contributed by atoms with Crippen molar-refractivity contribution in [2.75, 3.05) is 26.3 Å². The number of rotatable bonds is 9. The second-order valence-electron chi connectivity index (χ2n) is 8.65. The number of nitrogens with zero attached hydrogens (tertiary/aromatic N) is 2. The first-order valence-electron chi connectivity index (χ1n) is 11.8. The number of hydrogen-bond acceptors (Lipinski definition) is 6. The molecule has 1 fully saturated rings. The molecule has 1 aliphatic rings. The Morgan fingerprint density at radius 3 is 2.69 bits per heavy atom. The van der Waals surface area contributed by atoms with Crippen LogP contribution < -0.4 is 4.74 Å². The molecule has 8 nitrogen and oxygen atoms in total. The summed E-state index contributed by atoms with van der Waals surface area (Å²) in [6.07, 6.45) is 0.675. The monoisotopic (exact) mass is 478 g/mol. The van der Waals surface area contributed by atoms with Crippen LogP contribution in [-0.2, 0) is 22.4 Å². The van der Waals surface area contributed by atoms with E-state index in [-0.39, 0.29) is 19.1 Å². The Balaban J connectivity index is 1.35. The van der Waals surface area contributed by atoms with Gasteiger partial charge >= 0.3 is 12.1 Å². The van der Waals surface area contributed by atoms with Gasteiger partial charge in [-0.15, -0.1) is 0 Å². The Morgan fingerprint density at radius 2 is 1.94 bits per heavy atom. The highest BCUT2D eigenvalue weighted by molar-refractivity contribution is 5.74. The van der Waals surface area contributed by atoms with E-state index in [2.05, 4.69) is 4.98 Å². The normalized spacial score (nSPS) is 17.4. The first-order valence-corrected chi connectivity index (χ1v) is 11.8. The highest BCUT2D eigenvalue weighted by Gasteiger charge is 2.40. The van der Waals surface area contributed by atoms with Crippen LogP contribution in [0.2, 0.25) is 0 Å². The molecule has 1 saturated heterocycles. The molecule has 0 spiro atoms. The summed E-state index contributed by atoms with van der Waals surface area (Å²) in [6, 6.07) is 17.4. The zero-order chi connectivity index (χ0) is 24.8. The molecule has 0 saturated carbocycles. The number of carboxylic acids is 1. The largest absolute Gasteiger partial charge is 0.493 e. The molecule has 35 heavy (non-hydrogen) atoms. The van der Waals surface area contributed by atoms with Crippen molar-refractivity contribution in [3.8, 4) is 17.2 Å². The van der Waals surface area contributed by atoms with Crippen molar-refractivity contribution >= 4 is 12.1 Å². The van der Waals surface area contributed by atoms with E-state index < -0.39 is 18.0 Å². The number of ether oxygens (including phenoxy) is 2. The van der Waals surface area contributed by atoms with Crippen molar-refractivity contribution in [2.45, 2.75) is 26.7 Å². The number of benzene rings is 2. The Hall–Kier alpha value is -3.81. The number of oxazole rings is 1. The predicted octanol–water partition coefficient (Wildman–Crippen LogP) is 4.60. The van der Waals surface area contributed by atoms with Crippen LogP contribution in [0, 0.1) is 18.8 Å². The molecule has 8 heteroatoms. The van der Waals surface area contributed by atoms with Crippen molar-refractivity contribution in [1.82, 2.24) is 9.88 Å². The molecule has 1 aliphatic heterocycles. The molecule has 1 amide bonds. The number of aromatic nitrogens is 1. The average molecular weight is 479 g/mol. The lowest BCUT2D eigenvalue weighted by Crippen LogP contribution is -2.30. The van der Waals surface area contributed by atoms with E-state index in [0.717, 1.165) is 22.6 Å². The van der Waals surface area contributed by atoms with Crippen LogP contribution in [0.3, 0.4) is 0 Å². The van der Waals surface area contributed by atoms with Gasteiger partial charge in [-0.1, -0.05) is 30.3 Å². The molecule has 184 valence electrons. The second-order valence-corrected chi connectivity index (χ2v) is 8.65. The fourth-order valence-corrected chi connectivity index (χ4v) is 4.42. The highest BCUT2D eigenvalue weighted by Crippen LogP contribution is 2.29. The first-order chi connectivity index (χ1) is 16.9. The summed E-state index contributed by atoms with van der Waals surface area (Å²) in [5.74, 6) is 0.361. The molecule has 4 rings (SSSR count). The molecule has 2 atom stereocenters. The van der Waals surface area contributed by atoms with Crippen molar-refractivity contribution in [3.05, 3.63) is 71.6 Å². The van der Waals surface area contributed by atoms with E-state index in [9.17, 15) is 14.7 Å². The van der Waals surface area contributed by atoms with Crippen molar-refractivity contribution in [1.29, 1.82) is 0 Å². The number of aryl methyl sites for hydroxylation is 1. The molecule has 2 heterocycles. The van der Waals surface area contributed by atoms with Crippen LogP contribution in [0.15, 0.2) is 59.0 Å². The molecule has 0 radical (unpaired) electrons. The van der Waals surface area contributed by atoms with Crippen LogP contribution in [-0.4, -0.2) is 53.4 Å². The Labute approximate surface area is 204 Å². The molecule has 0 bridgehead atoms. The number of hydrogen-bond donors (Lipinski definition) is 1. The molecular weight excluding hydrogens is 448 g/mol. The summed E-state index contributed by atoms with van der Waals surface area (Å²) >= 11 is 0. The van der Waals surface area contributed by atoms with Crippen LogP contribution in [0.25, 0.3) is 11.5 Å². The third-order valence-corrected chi connectivity index (χ3v) is 6.20. The number of carboxylic acid groups (broad SMARTS) is 1. The quantitative estimate of drug-likeness (QED) is 0.479. The maximum atomic E-state index is 12.1.